The van der Waals surface area contributed by atoms with Gasteiger partial charge in [-0.2, -0.15) is 0 Å². The van der Waals surface area contributed by atoms with Gasteiger partial charge in [-0.1, -0.05) is 25.1 Å². The van der Waals surface area contributed by atoms with E-state index in [2.05, 4.69) is 18.3 Å². The van der Waals surface area contributed by atoms with Crippen molar-refractivity contribution in [3.05, 3.63) is 53.5 Å². The number of hydrogen-bond donors (Lipinski definition) is 1. The molecule has 0 bridgehead atoms. The first-order chi connectivity index (χ1) is 12.6. The molecule has 1 N–H and O–H groups in total. The number of nitrogens with zero attached hydrogens (tertiary/aromatic N) is 2. The third-order valence-corrected chi connectivity index (χ3v) is 4.81. The van der Waals surface area contributed by atoms with Crippen LogP contribution in [0.15, 0.2) is 41.0 Å². The van der Waals surface area contributed by atoms with Crippen molar-refractivity contribution >= 4 is 17.5 Å². The average molecular weight is 355 g/mol. The van der Waals surface area contributed by atoms with E-state index in [4.69, 9.17) is 4.42 Å². The Bertz CT molecular complexity index is 763. The molecule has 1 aromatic heterocycles. The number of para-hydroxylation sites is 1. The van der Waals surface area contributed by atoms with Crippen molar-refractivity contribution in [3.8, 4) is 0 Å². The second kappa shape index (κ2) is 8.08. The maximum Gasteiger partial charge on any atom is 0.289 e. The molecule has 1 aromatic carbocycles. The summed E-state index contributed by atoms with van der Waals surface area (Å²) in [6.07, 6.45) is 2.42. The Morgan fingerprint density at radius 1 is 1.08 bits per heavy atom. The molecular formula is C20H25N3O3. The molecule has 1 aliphatic heterocycles. The number of nitrogens with one attached hydrogen (secondary N) is 1. The molecule has 0 spiro atoms. The van der Waals surface area contributed by atoms with Crippen molar-refractivity contribution in [2.24, 2.45) is 0 Å². The number of aryl methyl sites for hydroxylation is 2. The first-order valence-electron chi connectivity index (χ1n) is 9.03. The molecule has 0 unspecified atom stereocenters. The molecule has 1 saturated heterocycles. The van der Waals surface area contributed by atoms with Crippen molar-refractivity contribution in [2.75, 3.05) is 38.0 Å². The summed E-state index contributed by atoms with van der Waals surface area (Å²) in [5.74, 6) is 0.284. The Balaban J connectivity index is 1.52. The predicted molar refractivity (Wildman–Crippen MR) is 100 cm³/mol. The lowest BCUT2D eigenvalue weighted by molar-refractivity contribution is -0.130. The van der Waals surface area contributed by atoms with E-state index < -0.39 is 0 Å². The minimum Gasteiger partial charge on any atom is -0.459 e. The highest BCUT2D eigenvalue weighted by Gasteiger charge is 2.25. The Morgan fingerprint density at radius 3 is 2.46 bits per heavy atom. The first kappa shape index (κ1) is 18.0. The molecule has 3 rings (SSSR count). The molecule has 26 heavy (non-hydrogen) atoms. The minimum absolute atomic E-state index is 0.0559. The summed E-state index contributed by atoms with van der Waals surface area (Å²) in [4.78, 5) is 28.3. The van der Waals surface area contributed by atoms with Crippen LogP contribution in [0.25, 0.3) is 0 Å². The molecule has 0 atom stereocenters. The minimum atomic E-state index is -0.118. The van der Waals surface area contributed by atoms with E-state index in [0.717, 1.165) is 17.7 Å². The summed E-state index contributed by atoms with van der Waals surface area (Å²) in [7, 11) is 0. The van der Waals surface area contributed by atoms with E-state index in [0.29, 0.717) is 31.9 Å². The van der Waals surface area contributed by atoms with Crippen LogP contribution in [0.4, 0.5) is 5.69 Å². The number of benzene rings is 1. The van der Waals surface area contributed by atoms with Gasteiger partial charge in [0.2, 0.25) is 5.91 Å². The number of piperazine rings is 1. The maximum absolute atomic E-state index is 12.5. The molecule has 0 saturated carbocycles. The summed E-state index contributed by atoms with van der Waals surface area (Å²) < 4.78 is 5.16. The van der Waals surface area contributed by atoms with Gasteiger partial charge in [0, 0.05) is 31.9 Å². The van der Waals surface area contributed by atoms with Crippen LogP contribution >= 0.6 is 0 Å². The van der Waals surface area contributed by atoms with Crippen LogP contribution in [-0.2, 0) is 11.2 Å². The lowest BCUT2D eigenvalue weighted by Gasteiger charge is -2.34. The van der Waals surface area contributed by atoms with Crippen LogP contribution in [0.5, 0.6) is 0 Å². The smallest absolute Gasteiger partial charge is 0.289 e. The summed E-state index contributed by atoms with van der Waals surface area (Å²) in [5, 5.41) is 3.30. The quantitative estimate of drug-likeness (QED) is 0.895. The zero-order chi connectivity index (χ0) is 18.5. The summed E-state index contributed by atoms with van der Waals surface area (Å²) >= 11 is 0. The van der Waals surface area contributed by atoms with Crippen molar-refractivity contribution in [2.45, 2.75) is 20.3 Å². The van der Waals surface area contributed by atoms with Gasteiger partial charge in [0.05, 0.1) is 12.8 Å². The molecule has 138 valence electrons. The topological polar surface area (TPSA) is 65.8 Å². The van der Waals surface area contributed by atoms with Gasteiger partial charge < -0.3 is 19.5 Å². The first-order valence-corrected chi connectivity index (χ1v) is 9.03. The fourth-order valence-corrected chi connectivity index (χ4v) is 3.27. The summed E-state index contributed by atoms with van der Waals surface area (Å²) in [6, 6.07) is 9.53. The zero-order valence-corrected chi connectivity index (χ0v) is 15.3. The number of hydrogen-bond acceptors (Lipinski definition) is 4. The van der Waals surface area contributed by atoms with E-state index in [9.17, 15) is 9.59 Å². The molecule has 1 fully saturated rings. The van der Waals surface area contributed by atoms with Crippen molar-refractivity contribution in [3.63, 3.8) is 0 Å². The van der Waals surface area contributed by atoms with Gasteiger partial charge in [-0.05, 0) is 36.6 Å². The molecule has 6 heteroatoms. The van der Waals surface area contributed by atoms with Crippen molar-refractivity contribution in [1.29, 1.82) is 0 Å². The standard InChI is InChI=1S/C20H25N3O3/c1-3-16-7-4-6-15(2)19(16)21-14-18(24)22-9-11-23(12-10-22)20(25)17-8-5-13-26-17/h4-8,13,21H,3,9-12,14H2,1-2H3. The maximum atomic E-state index is 12.5. The van der Waals surface area contributed by atoms with E-state index in [1.807, 2.05) is 24.0 Å². The number of carbonyl (C=O) groups is 2. The van der Waals surface area contributed by atoms with Crippen LogP contribution in [0.3, 0.4) is 0 Å². The summed E-state index contributed by atoms with van der Waals surface area (Å²) in [6.45, 7) is 6.56. The molecule has 0 radical (unpaired) electrons. The molecule has 0 aliphatic carbocycles. The van der Waals surface area contributed by atoms with Crippen molar-refractivity contribution < 1.29 is 14.0 Å². The Labute approximate surface area is 153 Å². The predicted octanol–water partition coefficient (Wildman–Crippen LogP) is 2.55. The molecule has 6 nitrogen and oxygen atoms in total. The second-order valence-electron chi connectivity index (χ2n) is 6.47. The SMILES string of the molecule is CCc1cccc(C)c1NCC(=O)N1CCN(C(=O)c2ccco2)CC1. The Morgan fingerprint density at radius 2 is 1.81 bits per heavy atom. The second-order valence-corrected chi connectivity index (χ2v) is 6.47. The zero-order valence-electron chi connectivity index (χ0n) is 15.3. The van der Waals surface area contributed by atoms with Crippen LogP contribution in [0, 0.1) is 6.92 Å². The number of rotatable bonds is 5. The molecule has 2 heterocycles. The van der Waals surface area contributed by atoms with Crippen LogP contribution in [0.1, 0.15) is 28.6 Å². The Hall–Kier alpha value is -2.76. The van der Waals surface area contributed by atoms with Gasteiger partial charge in [0.1, 0.15) is 0 Å². The fourth-order valence-electron chi connectivity index (χ4n) is 3.27. The molecule has 2 amide bonds. The number of amides is 2. The highest BCUT2D eigenvalue weighted by molar-refractivity contribution is 5.91. The average Bonchev–Trinajstić information content (AvgIpc) is 3.21. The summed E-state index contributed by atoms with van der Waals surface area (Å²) in [5.41, 5.74) is 3.41. The van der Waals surface area contributed by atoms with E-state index in [1.54, 1.807) is 17.0 Å². The third kappa shape index (κ3) is 3.90. The van der Waals surface area contributed by atoms with E-state index >= 15 is 0 Å². The monoisotopic (exact) mass is 355 g/mol. The van der Waals surface area contributed by atoms with E-state index in [-0.39, 0.29) is 18.4 Å². The normalized spacial score (nSPS) is 14.4. The highest BCUT2D eigenvalue weighted by Crippen LogP contribution is 2.21. The number of carbonyl (C=O) groups excluding carboxylic acids is 2. The molecular weight excluding hydrogens is 330 g/mol. The van der Waals surface area contributed by atoms with Crippen molar-refractivity contribution in [1.82, 2.24) is 9.80 Å². The van der Waals surface area contributed by atoms with Gasteiger partial charge in [-0.15, -0.1) is 0 Å². The highest BCUT2D eigenvalue weighted by atomic mass is 16.3. The number of anilines is 1. The van der Waals surface area contributed by atoms with Crippen LogP contribution in [-0.4, -0.2) is 54.3 Å². The van der Waals surface area contributed by atoms with Crippen LogP contribution < -0.4 is 5.32 Å². The Kier molecular flexibility index (Phi) is 5.61. The number of furan rings is 1. The van der Waals surface area contributed by atoms with Gasteiger partial charge in [-0.3, -0.25) is 9.59 Å². The van der Waals surface area contributed by atoms with Gasteiger partial charge in [-0.25, -0.2) is 0 Å². The van der Waals surface area contributed by atoms with Gasteiger partial charge >= 0.3 is 0 Å². The van der Waals surface area contributed by atoms with Gasteiger partial charge in [0.15, 0.2) is 5.76 Å². The third-order valence-electron chi connectivity index (χ3n) is 4.81. The largest absolute Gasteiger partial charge is 0.459 e. The lowest BCUT2D eigenvalue weighted by Crippen LogP contribution is -2.51. The lowest BCUT2D eigenvalue weighted by atomic mass is 10.1. The molecule has 2 aromatic rings. The van der Waals surface area contributed by atoms with Crippen LogP contribution in [0.2, 0.25) is 0 Å². The molecule has 1 aliphatic rings. The van der Waals surface area contributed by atoms with E-state index in [1.165, 1.54) is 11.8 Å². The van der Waals surface area contributed by atoms with Gasteiger partial charge in [0.25, 0.3) is 5.91 Å². The fraction of sp³-hybridized carbons (Fsp3) is 0.400.